The Balaban J connectivity index is 0.00000343. The molecule has 0 radical (unpaired) electrons. The summed E-state index contributed by atoms with van der Waals surface area (Å²) in [5, 5.41) is 7.24. The molecule has 0 saturated carbocycles. The van der Waals surface area contributed by atoms with Gasteiger partial charge in [0, 0.05) is 34.5 Å². The molecule has 6 heteroatoms. The fraction of sp³-hybridized carbons (Fsp3) is 0.158. The van der Waals surface area contributed by atoms with Crippen LogP contribution in [0.5, 0.6) is 11.5 Å². The molecule has 0 N–H and O–H groups in total. The molecule has 3 aromatic heterocycles. The van der Waals surface area contributed by atoms with Gasteiger partial charge in [-0.1, -0.05) is 48.8 Å². The van der Waals surface area contributed by atoms with E-state index in [0.717, 1.165) is 56.7 Å². The van der Waals surface area contributed by atoms with Crippen LogP contribution in [-0.2, 0) is 27.5 Å². The van der Waals surface area contributed by atoms with E-state index in [9.17, 15) is 0 Å². The van der Waals surface area contributed by atoms with E-state index in [-0.39, 0.29) is 21.1 Å². The molecule has 7 rings (SSSR count). The van der Waals surface area contributed by atoms with Crippen LogP contribution < -0.4 is 4.74 Å². The van der Waals surface area contributed by atoms with Crippen LogP contribution in [0.3, 0.4) is 0 Å². The van der Waals surface area contributed by atoms with Crippen LogP contribution in [0.25, 0.3) is 44.4 Å². The molecule has 0 aliphatic heterocycles. The van der Waals surface area contributed by atoms with Gasteiger partial charge in [-0.05, 0) is 85.6 Å². The molecule has 0 atom stereocenters. The van der Waals surface area contributed by atoms with Gasteiger partial charge in [-0.2, -0.15) is 17.2 Å². The monoisotopic (exact) mass is 755 g/mol. The van der Waals surface area contributed by atoms with E-state index >= 15 is 0 Å². The van der Waals surface area contributed by atoms with Crippen LogP contribution in [0.15, 0.2) is 91.1 Å². The third-order valence-electron chi connectivity index (χ3n) is 8.11. The second kappa shape index (κ2) is 11.9. The molecule has 5 nitrogen and oxygen atoms in total. The summed E-state index contributed by atoms with van der Waals surface area (Å²) >= 11 is 0. The SMILES string of the molecule is CCc1c(-c2c(C)cccc2C)c(C)nn1-c1[c-]c(Oc2[c-]c3c(cc2)c2ccccc2n3-c2cc(C)ccn2)ccc1.[Pt+2]. The summed E-state index contributed by atoms with van der Waals surface area (Å²) < 4.78 is 10.6. The summed E-state index contributed by atoms with van der Waals surface area (Å²) in [6.07, 6.45) is 2.68. The fourth-order valence-corrected chi connectivity index (χ4v) is 6.19. The van der Waals surface area contributed by atoms with Crippen LogP contribution >= 0.6 is 0 Å². The van der Waals surface area contributed by atoms with Gasteiger partial charge in [-0.15, -0.1) is 35.7 Å². The number of nitrogens with zero attached hydrogens (tertiary/aromatic N) is 4. The first kappa shape index (κ1) is 29.6. The maximum absolute atomic E-state index is 6.41. The van der Waals surface area contributed by atoms with Gasteiger partial charge in [-0.25, -0.2) is 4.98 Å². The van der Waals surface area contributed by atoms with E-state index in [1.807, 2.05) is 41.2 Å². The van der Waals surface area contributed by atoms with Crippen LogP contribution in [0, 0.1) is 39.8 Å². The van der Waals surface area contributed by atoms with Crippen molar-refractivity contribution in [2.45, 2.75) is 41.0 Å². The molecule has 0 amide bonds. The summed E-state index contributed by atoms with van der Waals surface area (Å²) in [6, 6.07) is 35.9. The van der Waals surface area contributed by atoms with E-state index < -0.39 is 0 Å². The summed E-state index contributed by atoms with van der Waals surface area (Å²) in [6.45, 7) is 10.7. The van der Waals surface area contributed by atoms with Crippen molar-refractivity contribution in [1.82, 2.24) is 19.3 Å². The number of ether oxygens (including phenoxy) is 1. The molecule has 4 aromatic carbocycles. The Kier molecular flexibility index (Phi) is 8.00. The molecule has 0 unspecified atom stereocenters. The number of fused-ring (bicyclic) bond motifs is 3. The molecule has 7 aromatic rings. The predicted octanol–water partition coefficient (Wildman–Crippen LogP) is 9.22. The Hall–Kier alpha value is -4.47. The Bertz CT molecular complexity index is 2140. The number of hydrogen-bond donors (Lipinski definition) is 0. The van der Waals surface area contributed by atoms with Crippen molar-refractivity contribution < 1.29 is 25.8 Å². The summed E-state index contributed by atoms with van der Waals surface area (Å²) in [7, 11) is 0. The average molecular weight is 756 g/mol. The maximum Gasteiger partial charge on any atom is 2.00 e. The Morgan fingerprint density at radius 2 is 1.50 bits per heavy atom. The minimum Gasteiger partial charge on any atom is -0.509 e. The van der Waals surface area contributed by atoms with Gasteiger partial charge in [0.2, 0.25) is 0 Å². The van der Waals surface area contributed by atoms with Gasteiger partial charge in [0.25, 0.3) is 0 Å². The van der Waals surface area contributed by atoms with Crippen molar-refractivity contribution in [3.05, 3.63) is 131 Å². The number of para-hydroxylation sites is 1. The number of aryl methyl sites for hydroxylation is 4. The van der Waals surface area contributed by atoms with Crippen molar-refractivity contribution in [3.63, 3.8) is 0 Å². The summed E-state index contributed by atoms with van der Waals surface area (Å²) in [4.78, 5) is 4.69. The molecule has 44 heavy (non-hydrogen) atoms. The van der Waals surface area contributed by atoms with Gasteiger partial charge >= 0.3 is 21.1 Å². The second-order valence-electron chi connectivity index (χ2n) is 11.1. The standard InChI is InChI=1S/C38H32N4O.Pt/c1-6-33-38(37-25(3)11-9-12-26(37)4)27(5)40-42(33)28-13-10-14-29(22-28)43-30-17-18-32-31-15-7-8-16-34(31)41(35(32)23-30)36-21-24(2)19-20-39-36;/h7-21H,6H2,1-5H3;/q-2;+2. The smallest absolute Gasteiger partial charge is 0.509 e. The normalized spacial score (nSPS) is 11.2. The Morgan fingerprint density at radius 3 is 2.27 bits per heavy atom. The van der Waals surface area contributed by atoms with Crippen molar-refractivity contribution in [2.75, 3.05) is 0 Å². The average Bonchev–Trinajstić information content (AvgIpc) is 3.51. The molecular formula is C38H32N4OPt. The van der Waals surface area contributed by atoms with E-state index in [1.54, 1.807) is 0 Å². The zero-order valence-electron chi connectivity index (χ0n) is 25.4. The number of pyridine rings is 1. The molecule has 0 aliphatic rings. The largest absolute Gasteiger partial charge is 2.00 e. The van der Waals surface area contributed by atoms with Gasteiger partial charge in [-0.3, -0.25) is 4.68 Å². The third kappa shape index (κ3) is 5.06. The van der Waals surface area contributed by atoms with Crippen LogP contribution in [0.4, 0.5) is 0 Å². The summed E-state index contributed by atoms with van der Waals surface area (Å²) in [5.41, 5.74) is 11.1. The quantitative estimate of drug-likeness (QED) is 0.159. The first-order valence-corrected chi connectivity index (χ1v) is 14.7. The summed E-state index contributed by atoms with van der Waals surface area (Å²) in [5.74, 6) is 2.07. The second-order valence-corrected chi connectivity index (χ2v) is 11.1. The Labute approximate surface area is 272 Å². The molecule has 0 aliphatic carbocycles. The van der Waals surface area contributed by atoms with Gasteiger partial charge in [0.15, 0.2) is 0 Å². The van der Waals surface area contributed by atoms with Crippen molar-refractivity contribution in [2.24, 2.45) is 0 Å². The minimum atomic E-state index is 0. The maximum atomic E-state index is 6.41. The topological polar surface area (TPSA) is 44.9 Å². The minimum absolute atomic E-state index is 0. The Morgan fingerprint density at radius 1 is 0.750 bits per heavy atom. The third-order valence-corrected chi connectivity index (χ3v) is 8.11. The molecule has 3 heterocycles. The molecule has 220 valence electrons. The number of aromatic nitrogens is 4. The molecule has 0 bridgehead atoms. The van der Waals surface area contributed by atoms with E-state index in [0.29, 0.717) is 11.5 Å². The number of rotatable bonds is 6. The number of benzene rings is 4. The first-order valence-electron chi connectivity index (χ1n) is 14.7. The zero-order valence-corrected chi connectivity index (χ0v) is 27.7. The fourth-order valence-electron chi connectivity index (χ4n) is 6.19. The van der Waals surface area contributed by atoms with Crippen LogP contribution in [-0.4, -0.2) is 19.3 Å². The van der Waals surface area contributed by atoms with Gasteiger partial charge in [0.05, 0.1) is 5.69 Å². The van der Waals surface area contributed by atoms with E-state index in [2.05, 4.69) is 111 Å². The van der Waals surface area contributed by atoms with Crippen molar-refractivity contribution >= 4 is 21.8 Å². The predicted molar refractivity (Wildman–Crippen MR) is 174 cm³/mol. The zero-order chi connectivity index (χ0) is 29.7. The van der Waals surface area contributed by atoms with E-state index in [1.165, 1.54) is 22.3 Å². The molecule has 0 saturated heterocycles. The molecule has 0 spiro atoms. The first-order chi connectivity index (χ1) is 20.9. The van der Waals surface area contributed by atoms with E-state index in [4.69, 9.17) is 9.84 Å². The molecular weight excluding hydrogens is 724 g/mol. The van der Waals surface area contributed by atoms with Crippen molar-refractivity contribution in [3.8, 4) is 34.1 Å². The number of hydrogen-bond acceptors (Lipinski definition) is 3. The van der Waals surface area contributed by atoms with Crippen LogP contribution in [0.1, 0.15) is 35.0 Å². The van der Waals surface area contributed by atoms with Gasteiger partial charge < -0.3 is 9.30 Å². The van der Waals surface area contributed by atoms with Crippen molar-refractivity contribution in [1.29, 1.82) is 0 Å². The van der Waals surface area contributed by atoms with Crippen LogP contribution in [0.2, 0.25) is 0 Å². The molecule has 0 fully saturated rings. The van der Waals surface area contributed by atoms with Gasteiger partial charge in [0.1, 0.15) is 5.82 Å².